The smallest absolute Gasteiger partial charge is 0.238 e. The Morgan fingerprint density at radius 2 is 1.68 bits per heavy atom. The second kappa shape index (κ2) is 10.2. The van der Waals surface area contributed by atoms with E-state index >= 15 is 0 Å². The lowest BCUT2D eigenvalue weighted by Gasteiger charge is -2.42. The summed E-state index contributed by atoms with van der Waals surface area (Å²) in [5.41, 5.74) is 3.76. The minimum atomic E-state index is -0.673. The molecular weight excluding hydrogens is 522 g/mol. The summed E-state index contributed by atoms with van der Waals surface area (Å²) in [5, 5.41) is 9.08. The van der Waals surface area contributed by atoms with Crippen LogP contribution in [-0.2, 0) is 19.2 Å². The molecular formula is C33H29NO7. The van der Waals surface area contributed by atoms with E-state index in [-0.39, 0.29) is 48.8 Å². The van der Waals surface area contributed by atoms with Crippen LogP contribution in [0.25, 0.3) is 0 Å². The predicted molar refractivity (Wildman–Crippen MR) is 149 cm³/mol. The maximum atomic E-state index is 14.0. The molecule has 0 radical (unpaired) electrons. The standard InChI is InChI=1S/C33H29NO7/c1-17-15-27(37)30-26(31(17)38)16-25-23(28(30)20-5-9-22(10-6-20)41-14-13-35)11-12-24-29(25)33(40)34(32(24)39)21-7-3-19(4-8-21)18(2)36/h3-11,15,24-25,28-29,35H,12-14,16H2,1-2H3. The lowest BCUT2D eigenvalue weighted by atomic mass is 9.59. The van der Waals surface area contributed by atoms with E-state index in [1.54, 1.807) is 43.3 Å². The highest BCUT2D eigenvalue weighted by molar-refractivity contribution is 6.25. The number of allylic oxidation sites excluding steroid dienone is 6. The molecule has 8 nitrogen and oxygen atoms in total. The van der Waals surface area contributed by atoms with Crippen LogP contribution in [0, 0.1) is 17.8 Å². The summed E-state index contributed by atoms with van der Waals surface area (Å²) in [6.07, 6.45) is 3.92. The first-order valence-electron chi connectivity index (χ1n) is 13.7. The SMILES string of the molecule is CC(=O)c1ccc(N2C(=O)C3CC=C4C(c5ccc(OCCO)cc5)C5=C(CC4C3C2=O)C(=O)C(C)=CC5=O)cc1. The first-order valence-corrected chi connectivity index (χ1v) is 13.7. The van der Waals surface area contributed by atoms with Gasteiger partial charge in [0.05, 0.1) is 24.1 Å². The second-order valence-corrected chi connectivity index (χ2v) is 11.0. The summed E-state index contributed by atoms with van der Waals surface area (Å²) in [7, 11) is 0. The number of Topliss-reactive ketones (excluding diaryl/α,β-unsaturated/α-hetero) is 2. The van der Waals surface area contributed by atoms with Crippen LogP contribution >= 0.6 is 0 Å². The Hall–Kier alpha value is -4.43. The number of nitrogens with zero attached hydrogens (tertiary/aromatic N) is 1. The summed E-state index contributed by atoms with van der Waals surface area (Å²) in [4.78, 5) is 67.3. The number of imide groups is 1. The second-order valence-electron chi connectivity index (χ2n) is 11.0. The number of amides is 2. The number of hydrogen-bond donors (Lipinski definition) is 1. The zero-order valence-corrected chi connectivity index (χ0v) is 22.8. The third-order valence-corrected chi connectivity index (χ3v) is 8.67. The molecule has 1 N–H and O–H groups in total. The number of fused-ring (bicyclic) bond motifs is 3. The number of benzene rings is 2. The molecule has 1 heterocycles. The predicted octanol–water partition coefficient (Wildman–Crippen LogP) is 3.89. The normalized spacial score (nSPS) is 25.4. The van der Waals surface area contributed by atoms with Crippen molar-refractivity contribution in [1.82, 2.24) is 0 Å². The van der Waals surface area contributed by atoms with Crippen LogP contribution in [0.3, 0.4) is 0 Å². The van der Waals surface area contributed by atoms with E-state index in [0.29, 0.717) is 40.1 Å². The summed E-state index contributed by atoms with van der Waals surface area (Å²) in [6, 6.07) is 13.6. The maximum Gasteiger partial charge on any atom is 0.238 e. The van der Waals surface area contributed by atoms with E-state index in [2.05, 4.69) is 0 Å². The summed E-state index contributed by atoms with van der Waals surface area (Å²) >= 11 is 0. The fraction of sp³-hybridized carbons (Fsp3) is 0.303. The van der Waals surface area contributed by atoms with Gasteiger partial charge in [0.15, 0.2) is 17.3 Å². The van der Waals surface area contributed by atoms with Gasteiger partial charge in [0.2, 0.25) is 11.8 Å². The monoisotopic (exact) mass is 551 g/mol. The molecule has 0 saturated carbocycles. The molecule has 6 rings (SSSR count). The lowest BCUT2D eigenvalue weighted by Crippen LogP contribution is -2.39. The topological polar surface area (TPSA) is 118 Å². The number of carbonyl (C=O) groups is 5. The first kappa shape index (κ1) is 26.8. The van der Waals surface area contributed by atoms with Crippen molar-refractivity contribution in [2.75, 3.05) is 18.1 Å². The third-order valence-electron chi connectivity index (χ3n) is 8.67. The van der Waals surface area contributed by atoms with Crippen LogP contribution in [0.15, 0.2) is 83.0 Å². The number of aliphatic hydroxyl groups is 1. The number of ketones is 3. The molecule has 2 amide bonds. The van der Waals surface area contributed by atoms with Crippen LogP contribution in [0.4, 0.5) is 5.69 Å². The molecule has 0 aromatic heterocycles. The van der Waals surface area contributed by atoms with Crippen molar-refractivity contribution in [2.45, 2.75) is 32.6 Å². The van der Waals surface area contributed by atoms with Crippen molar-refractivity contribution in [3.63, 3.8) is 0 Å². The molecule has 2 aromatic rings. The van der Waals surface area contributed by atoms with Crippen LogP contribution in [-0.4, -0.2) is 47.5 Å². The van der Waals surface area contributed by atoms with Crippen molar-refractivity contribution in [3.8, 4) is 5.75 Å². The van der Waals surface area contributed by atoms with Gasteiger partial charge in [0.25, 0.3) is 0 Å². The molecule has 4 atom stereocenters. The van der Waals surface area contributed by atoms with E-state index < -0.39 is 23.7 Å². The number of anilines is 1. The number of ether oxygens (including phenoxy) is 1. The van der Waals surface area contributed by atoms with Crippen LogP contribution in [0.2, 0.25) is 0 Å². The van der Waals surface area contributed by atoms with Gasteiger partial charge in [-0.1, -0.05) is 23.8 Å². The van der Waals surface area contributed by atoms with Crippen molar-refractivity contribution >= 4 is 34.9 Å². The van der Waals surface area contributed by atoms with E-state index in [1.807, 2.05) is 18.2 Å². The van der Waals surface area contributed by atoms with Crippen molar-refractivity contribution in [2.24, 2.45) is 17.8 Å². The molecule has 208 valence electrons. The molecule has 0 spiro atoms. The average molecular weight is 552 g/mol. The molecule has 8 heteroatoms. The molecule has 1 aliphatic heterocycles. The van der Waals surface area contributed by atoms with Gasteiger partial charge in [0.1, 0.15) is 12.4 Å². The van der Waals surface area contributed by atoms with Crippen LogP contribution < -0.4 is 9.64 Å². The maximum absolute atomic E-state index is 14.0. The third kappa shape index (κ3) is 4.30. The van der Waals surface area contributed by atoms with Crippen molar-refractivity contribution in [3.05, 3.63) is 94.1 Å². The van der Waals surface area contributed by atoms with E-state index in [9.17, 15) is 24.0 Å². The Balaban J connectivity index is 1.41. The number of hydrogen-bond acceptors (Lipinski definition) is 7. The molecule has 4 unspecified atom stereocenters. The van der Waals surface area contributed by atoms with Gasteiger partial charge in [-0.15, -0.1) is 0 Å². The lowest BCUT2D eigenvalue weighted by molar-refractivity contribution is -0.123. The fourth-order valence-electron chi connectivity index (χ4n) is 6.78. The Morgan fingerprint density at radius 3 is 2.34 bits per heavy atom. The molecule has 0 bridgehead atoms. The highest BCUT2D eigenvalue weighted by Gasteiger charge is 2.56. The summed E-state index contributed by atoms with van der Waals surface area (Å²) in [6.45, 7) is 3.10. The number of carbonyl (C=O) groups excluding carboxylic acids is 5. The molecule has 41 heavy (non-hydrogen) atoms. The van der Waals surface area contributed by atoms with Gasteiger partial charge in [0, 0.05) is 28.2 Å². The Kier molecular flexibility index (Phi) is 6.66. The highest BCUT2D eigenvalue weighted by atomic mass is 16.5. The molecule has 1 fully saturated rings. The van der Waals surface area contributed by atoms with Gasteiger partial charge in [-0.25, -0.2) is 0 Å². The van der Waals surface area contributed by atoms with Gasteiger partial charge in [-0.05, 0) is 80.6 Å². The quantitative estimate of drug-likeness (QED) is 0.250. The minimum absolute atomic E-state index is 0.112. The van der Waals surface area contributed by atoms with Crippen LogP contribution in [0.1, 0.15) is 48.5 Å². The first-order chi connectivity index (χ1) is 19.7. The Labute approximate surface area is 237 Å². The van der Waals surface area contributed by atoms with Gasteiger partial charge < -0.3 is 9.84 Å². The van der Waals surface area contributed by atoms with Crippen molar-refractivity contribution < 1.29 is 33.8 Å². The van der Waals surface area contributed by atoms with Crippen molar-refractivity contribution in [1.29, 1.82) is 0 Å². The van der Waals surface area contributed by atoms with E-state index in [0.717, 1.165) is 11.1 Å². The molecule has 1 saturated heterocycles. The summed E-state index contributed by atoms with van der Waals surface area (Å²) in [5.74, 6) is -2.82. The van der Waals surface area contributed by atoms with Gasteiger partial charge in [-0.3, -0.25) is 28.9 Å². The molecule has 3 aliphatic carbocycles. The zero-order valence-electron chi connectivity index (χ0n) is 22.8. The fourth-order valence-corrected chi connectivity index (χ4v) is 6.78. The van der Waals surface area contributed by atoms with Gasteiger partial charge >= 0.3 is 0 Å². The number of aliphatic hydroxyl groups excluding tert-OH is 1. The van der Waals surface area contributed by atoms with E-state index in [4.69, 9.17) is 9.84 Å². The molecule has 4 aliphatic rings. The Bertz CT molecular complexity index is 1590. The Morgan fingerprint density at radius 1 is 0.976 bits per heavy atom. The van der Waals surface area contributed by atoms with Crippen LogP contribution in [0.5, 0.6) is 5.75 Å². The average Bonchev–Trinajstić information content (AvgIpc) is 3.23. The van der Waals surface area contributed by atoms with Gasteiger partial charge in [-0.2, -0.15) is 0 Å². The zero-order chi connectivity index (χ0) is 29.0. The minimum Gasteiger partial charge on any atom is -0.491 e. The number of rotatable bonds is 6. The summed E-state index contributed by atoms with van der Waals surface area (Å²) < 4.78 is 5.51. The highest BCUT2D eigenvalue weighted by Crippen LogP contribution is 2.55. The largest absolute Gasteiger partial charge is 0.491 e. The van der Waals surface area contributed by atoms with E-state index in [1.165, 1.54) is 17.9 Å². The molecule has 2 aromatic carbocycles.